The van der Waals surface area contributed by atoms with E-state index in [1.54, 1.807) is 7.11 Å². The molecule has 0 spiro atoms. The average molecular weight is 260 g/mol. The zero-order chi connectivity index (χ0) is 13.6. The summed E-state index contributed by atoms with van der Waals surface area (Å²) in [4.78, 5) is 0. The molecule has 0 bridgehead atoms. The minimum absolute atomic E-state index is 0.106. The molecule has 2 aliphatic carbocycles. The Bertz CT molecular complexity index is 476. The van der Waals surface area contributed by atoms with Gasteiger partial charge < -0.3 is 9.84 Å². The first-order valence-electron chi connectivity index (χ1n) is 7.52. The van der Waals surface area contributed by atoms with Crippen LogP contribution in [0, 0.1) is 11.3 Å². The molecular formula is C17H24O2. The summed E-state index contributed by atoms with van der Waals surface area (Å²) in [6.45, 7) is 4.45. The van der Waals surface area contributed by atoms with Gasteiger partial charge in [0.2, 0.25) is 0 Å². The Labute approximate surface area is 115 Å². The number of rotatable bonds is 3. The van der Waals surface area contributed by atoms with Gasteiger partial charge in [-0.3, -0.25) is 0 Å². The van der Waals surface area contributed by atoms with Gasteiger partial charge in [-0.15, -0.1) is 0 Å². The van der Waals surface area contributed by atoms with Crippen LogP contribution in [0.5, 0.6) is 5.75 Å². The van der Waals surface area contributed by atoms with Gasteiger partial charge >= 0.3 is 0 Å². The van der Waals surface area contributed by atoms with Crippen molar-refractivity contribution in [3.63, 3.8) is 0 Å². The van der Waals surface area contributed by atoms with Crippen LogP contribution >= 0.6 is 0 Å². The second-order valence-electron chi connectivity index (χ2n) is 6.13. The maximum absolute atomic E-state index is 10.6. The first kappa shape index (κ1) is 13.0. The maximum Gasteiger partial charge on any atom is 0.119 e. The summed E-state index contributed by atoms with van der Waals surface area (Å²) < 4.78 is 5.34. The Kier molecular flexibility index (Phi) is 3.09. The zero-order valence-corrected chi connectivity index (χ0v) is 12.1. The number of aryl methyl sites for hydroxylation is 1. The van der Waals surface area contributed by atoms with E-state index in [0.717, 1.165) is 31.4 Å². The molecule has 1 aromatic rings. The Morgan fingerprint density at radius 3 is 2.68 bits per heavy atom. The second kappa shape index (κ2) is 4.52. The third-order valence-corrected chi connectivity index (χ3v) is 5.79. The number of benzene rings is 1. The predicted octanol–water partition coefficient (Wildman–Crippen LogP) is 3.52. The number of ether oxygens (including phenoxy) is 1. The van der Waals surface area contributed by atoms with Crippen LogP contribution in [0.25, 0.3) is 0 Å². The van der Waals surface area contributed by atoms with E-state index >= 15 is 0 Å². The van der Waals surface area contributed by atoms with Crippen LogP contribution in [0.2, 0.25) is 0 Å². The molecule has 2 heteroatoms. The Balaban J connectivity index is 2.03. The van der Waals surface area contributed by atoms with E-state index in [9.17, 15) is 5.11 Å². The van der Waals surface area contributed by atoms with Crippen molar-refractivity contribution >= 4 is 0 Å². The normalized spacial score (nSPS) is 31.1. The fourth-order valence-corrected chi connectivity index (χ4v) is 4.62. The van der Waals surface area contributed by atoms with Gasteiger partial charge in [0.1, 0.15) is 5.75 Å². The Hall–Kier alpha value is -1.02. The van der Waals surface area contributed by atoms with E-state index in [1.165, 1.54) is 11.1 Å². The Morgan fingerprint density at radius 2 is 2.05 bits per heavy atom. The molecule has 3 atom stereocenters. The fraction of sp³-hybridized carbons (Fsp3) is 0.647. The third kappa shape index (κ3) is 1.59. The number of aliphatic hydroxyl groups is 1. The highest BCUT2D eigenvalue weighted by molar-refractivity contribution is 5.43. The largest absolute Gasteiger partial charge is 0.497 e. The van der Waals surface area contributed by atoms with E-state index in [0.29, 0.717) is 11.8 Å². The molecule has 1 N–H and O–H groups in total. The highest BCUT2D eigenvalue weighted by Crippen LogP contribution is 2.64. The quantitative estimate of drug-likeness (QED) is 0.901. The molecule has 104 valence electrons. The van der Waals surface area contributed by atoms with Crippen molar-refractivity contribution in [2.45, 2.75) is 51.6 Å². The van der Waals surface area contributed by atoms with Crippen LogP contribution in [0.15, 0.2) is 18.2 Å². The van der Waals surface area contributed by atoms with Gasteiger partial charge in [0, 0.05) is 5.41 Å². The smallest absolute Gasteiger partial charge is 0.119 e. The van der Waals surface area contributed by atoms with Crippen molar-refractivity contribution in [2.75, 3.05) is 7.11 Å². The van der Waals surface area contributed by atoms with Crippen molar-refractivity contribution in [1.29, 1.82) is 0 Å². The molecule has 0 aliphatic heterocycles. The lowest BCUT2D eigenvalue weighted by Crippen LogP contribution is -2.60. The molecule has 2 nitrogen and oxygen atoms in total. The number of aliphatic hydroxyl groups excluding tert-OH is 1. The standard InChI is InChI=1S/C17H24O2/c1-4-17(5-2)15-13-9-7-12(19-3)10-11(13)6-8-14(15)16(17)18/h7,9-10,14-16,18H,4-6,8H2,1-3H3. The van der Waals surface area contributed by atoms with E-state index in [1.807, 2.05) is 0 Å². The summed E-state index contributed by atoms with van der Waals surface area (Å²) in [5, 5.41) is 10.6. The van der Waals surface area contributed by atoms with Crippen molar-refractivity contribution in [3.05, 3.63) is 29.3 Å². The molecule has 0 heterocycles. The summed E-state index contributed by atoms with van der Waals surface area (Å²) in [6, 6.07) is 6.49. The van der Waals surface area contributed by atoms with Crippen molar-refractivity contribution in [1.82, 2.24) is 0 Å². The second-order valence-corrected chi connectivity index (χ2v) is 6.13. The highest BCUT2D eigenvalue weighted by Gasteiger charge is 2.60. The van der Waals surface area contributed by atoms with Gasteiger partial charge in [0.05, 0.1) is 13.2 Å². The molecule has 19 heavy (non-hydrogen) atoms. The van der Waals surface area contributed by atoms with Crippen LogP contribution in [0.1, 0.15) is 50.2 Å². The van der Waals surface area contributed by atoms with Gasteiger partial charge in [-0.25, -0.2) is 0 Å². The van der Waals surface area contributed by atoms with Gasteiger partial charge in [-0.1, -0.05) is 19.9 Å². The SMILES string of the molecule is CCC1(CC)C(O)C2CCc3cc(OC)ccc3C21. The van der Waals surface area contributed by atoms with Gasteiger partial charge in [-0.2, -0.15) is 0 Å². The average Bonchev–Trinajstić information content (AvgIpc) is 2.47. The lowest BCUT2D eigenvalue weighted by atomic mass is 9.44. The first-order chi connectivity index (χ1) is 9.17. The summed E-state index contributed by atoms with van der Waals surface area (Å²) in [5.41, 5.74) is 3.00. The molecule has 2 aliphatic rings. The zero-order valence-electron chi connectivity index (χ0n) is 12.1. The van der Waals surface area contributed by atoms with Crippen molar-refractivity contribution in [3.8, 4) is 5.75 Å². The number of fused-ring (bicyclic) bond motifs is 3. The number of methoxy groups -OCH3 is 1. The molecule has 0 saturated heterocycles. The lowest BCUT2D eigenvalue weighted by molar-refractivity contribution is -0.155. The van der Waals surface area contributed by atoms with Gasteiger partial charge in [0.25, 0.3) is 0 Å². The highest BCUT2D eigenvalue weighted by atomic mass is 16.5. The molecule has 0 amide bonds. The lowest BCUT2D eigenvalue weighted by Gasteiger charge is -2.61. The molecule has 3 unspecified atom stereocenters. The number of hydrogen-bond donors (Lipinski definition) is 1. The topological polar surface area (TPSA) is 29.5 Å². The summed E-state index contributed by atoms with van der Waals surface area (Å²) in [6.07, 6.45) is 4.22. The maximum atomic E-state index is 10.6. The molecule has 1 saturated carbocycles. The van der Waals surface area contributed by atoms with Crippen molar-refractivity contribution in [2.24, 2.45) is 11.3 Å². The van der Waals surface area contributed by atoms with Crippen molar-refractivity contribution < 1.29 is 9.84 Å². The van der Waals surface area contributed by atoms with Crippen LogP contribution in [0.3, 0.4) is 0 Å². The minimum atomic E-state index is -0.109. The molecule has 1 fully saturated rings. The van der Waals surface area contributed by atoms with E-state index in [-0.39, 0.29) is 11.5 Å². The molecular weight excluding hydrogens is 236 g/mol. The van der Waals surface area contributed by atoms with Crippen LogP contribution < -0.4 is 4.74 Å². The predicted molar refractivity (Wildman–Crippen MR) is 76.6 cm³/mol. The van der Waals surface area contributed by atoms with Crippen LogP contribution in [-0.4, -0.2) is 18.3 Å². The van der Waals surface area contributed by atoms with Gasteiger partial charge in [-0.05, 0) is 60.8 Å². The molecule has 3 rings (SSSR count). The van der Waals surface area contributed by atoms with E-state index < -0.39 is 0 Å². The molecule has 1 aromatic carbocycles. The first-order valence-corrected chi connectivity index (χ1v) is 7.52. The minimum Gasteiger partial charge on any atom is -0.497 e. The van der Waals surface area contributed by atoms with E-state index in [2.05, 4.69) is 32.0 Å². The fourth-order valence-electron chi connectivity index (χ4n) is 4.62. The Morgan fingerprint density at radius 1 is 1.32 bits per heavy atom. The third-order valence-electron chi connectivity index (χ3n) is 5.79. The summed E-state index contributed by atoms with van der Waals surface area (Å²) >= 11 is 0. The molecule has 0 radical (unpaired) electrons. The van der Waals surface area contributed by atoms with Crippen LogP contribution in [0.4, 0.5) is 0 Å². The van der Waals surface area contributed by atoms with Crippen LogP contribution in [-0.2, 0) is 6.42 Å². The monoisotopic (exact) mass is 260 g/mol. The van der Waals surface area contributed by atoms with Gasteiger partial charge in [0.15, 0.2) is 0 Å². The van der Waals surface area contributed by atoms with E-state index in [4.69, 9.17) is 4.74 Å². The summed E-state index contributed by atoms with van der Waals surface area (Å²) in [7, 11) is 1.73. The number of hydrogen-bond acceptors (Lipinski definition) is 2. The molecule has 0 aromatic heterocycles. The summed E-state index contributed by atoms with van der Waals surface area (Å²) in [5.74, 6) is 1.98.